The average Bonchev–Trinajstić information content (AvgIpc) is 3.18. The van der Waals surface area contributed by atoms with Gasteiger partial charge < -0.3 is 15.0 Å². The number of hydrogen-bond acceptors (Lipinski definition) is 3. The minimum absolute atomic E-state index is 0.00929. The summed E-state index contributed by atoms with van der Waals surface area (Å²) in [6.45, 7) is 2.90. The maximum atomic E-state index is 11.8. The SMILES string of the molecule is CC1CCCC(NC(=O)COCc2ccccc2)C1.c1ccc2[nH]cnc2c1. The maximum Gasteiger partial charge on any atom is 0.246 e. The number of ether oxygens (including phenoxy) is 1. The zero-order valence-corrected chi connectivity index (χ0v) is 16.4. The normalized spacial score (nSPS) is 18.9. The summed E-state index contributed by atoms with van der Waals surface area (Å²) in [6.07, 6.45) is 6.41. The Bertz CT molecular complexity index is 817. The van der Waals surface area contributed by atoms with E-state index in [-0.39, 0.29) is 12.5 Å². The van der Waals surface area contributed by atoms with Crippen LogP contribution in [0.15, 0.2) is 60.9 Å². The van der Waals surface area contributed by atoms with Crippen molar-refractivity contribution in [1.82, 2.24) is 15.3 Å². The van der Waals surface area contributed by atoms with Crippen LogP contribution < -0.4 is 5.32 Å². The Kier molecular flexibility index (Phi) is 7.62. The van der Waals surface area contributed by atoms with Gasteiger partial charge in [-0.15, -0.1) is 0 Å². The Labute approximate surface area is 166 Å². The molecule has 0 spiro atoms. The summed E-state index contributed by atoms with van der Waals surface area (Å²) >= 11 is 0. The van der Waals surface area contributed by atoms with Crippen LogP contribution in [0, 0.1) is 5.92 Å². The predicted molar refractivity (Wildman–Crippen MR) is 112 cm³/mol. The van der Waals surface area contributed by atoms with E-state index in [2.05, 4.69) is 22.2 Å². The van der Waals surface area contributed by atoms with Crippen LogP contribution in [0.5, 0.6) is 0 Å². The van der Waals surface area contributed by atoms with Crippen LogP contribution in [-0.2, 0) is 16.1 Å². The second-order valence-corrected chi connectivity index (χ2v) is 7.43. The molecule has 0 aliphatic heterocycles. The fourth-order valence-electron chi connectivity index (χ4n) is 3.55. The number of carbonyl (C=O) groups is 1. The van der Waals surface area contributed by atoms with Crippen LogP contribution in [-0.4, -0.2) is 28.5 Å². The molecule has 0 bridgehead atoms. The van der Waals surface area contributed by atoms with Gasteiger partial charge in [0.2, 0.25) is 5.91 Å². The molecule has 2 atom stereocenters. The first kappa shape index (κ1) is 20.1. The number of H-pyrrole nitrogens is 1. The zero-order valence-electron chi connectivity index (χ0n) is 16.4. The van der Waals surface area contributed by atoms with Gasteiger partial charge in [-0.1, -0.05) is 62.2 Å². The van der Waals surface area contributed by atoms with Crippen molar-refractivity contribution in [1.29, 1.82) is 0 Å². The van der Waals surface area contributed by atoms with Crippen LogP contribution in [0.4, 0.5) is 0 Å². The average molecular weight is 380 g/mol. The van der Waals surface area contributed by atoms with Crippen molar-refractivity contribution in [2.24, 2.45) is 5.92 Å². The molecule has 2 N–H and O–H groups in total. The molecule has 4 rings (SSSR count). The topological polar surface area (TPSA) is 67.0 Å². The molecule has 1 aliphatic rings. The number of hydrogen-bond donors (Lipinski definition) is 2. The van der Waals surface area contributed by atoms with Gasteiger partial charge >= 0.3 is 0 Å². The highest BCUT2D eigenvalue weighted by Crippen LogP contribution is 2.23. The zero-order chi connectivity index (χ0) is 19.6. The highest BCUT2D eigenvalue weighted by molar-refractivity contribution is 5.77. The number of imidazole rings is 1. The van der Waals surface area contributed by atoms with Crippen molar-refractivity contribution in [3.63, 3.8) is 0 Å². The molecule has 5 heteroatoms. The van der Waals surface area contributed by atoms with Crippen molar-refractivity contribution in [3.8, 4) is 0 Å². The molecule has 2 unspecified atom stereocenters. The molecule has 2 aromatic carbocycles. The first-order chi connectivity index (χ1) is 13.7. The number of benzene rings is 2. The van der Waals surface area contributed by atoms with E-state index in [0.29, 0.717) is 12.6 Å². The van der Waals surface area contributed by atoms with Crippen molar-refractivity contribution >= 4 is 16.9 Å². The van der Waals surface area contributed by atoms with E-state index < -0.39 is 0 Å². The summed E-state index contributed by atoms with van der Waals surface area (Å²) in [6, 6.07) is 18.2. The highest BCUT2D eigenvalue weighted by atomic mass is 16.5. The lowest BCUT2D eigenvalue weighted by Gasteiger charge is -2.27. The monoisotopic (exact) mass is 379 g/mol. The van der Waals surface area contributed by atoms with E-state index >= 15 is 0 Å². The molecule has 0 saturated heterocycles. The minimum atomic E-state index is 0.00929. The fraction of sp³-hybridized carbons (Fsp3) is 0.391. The molecular formula is C23H29N3O2. The largest absolute Gasteiger partial charge is 0.367 e. The maximum absolute atomic E-state index is 11.8. The summed E-state index contributed by atoms with van der Waals surface area (Å²) < 4.78 is 5.44. The molecular weight excluding hydrogens is 350 g/mol. The van der Waals surface area contributed by atoms with Gasteiger partial charge in [0.25, 0.3) is 0 Å². The summed E-state index contributed by atoms with van der Waals surface area (Å²) in [5.74, 6) is 0.735. The number of aromatic amines is 1. The molecule has 0 radical (unpaired) electrons. The summed E-state index contributed by atoms with van der Waals surface area (Å²) in [7, 11) is 0. The Morgan fingerprint density at radius 1 is 1.14 bits per heavy atom. The van der Waals surface area contributed by atoms with E-state index in [1.807, 2.05) is 54.6 Å². The standard InChI is InChI=1S/C16H23NO2.C7H6N2/c1-13-6-5-9-15(10-13)17-16(18)12-19-11-14-7-3-2-4-8-14;1-2-4-7-6(3-1)8-5-9-7/h2-4,7-8,13,15H,5-6,9-12H2,1H3,(H,17,18);1-5H,(H,8,9). The van der Waals surface area contributed by atoms with E-state index in [9.17, 15) is 4.79 Å². The van der Waals surface area contributed by atoms with Crippen LogP contribution in [0.1, 0.15) is 38.2 Å². The first-order valence-electron chi connectivity index (χ1n) is 10.00. The van der Waals surface area contributed by atoms with Gasteiger partial charge in [0.05, 0.1) is 24.0 Å². The Balaban J connectivity index is 0.000000206. The Morgan fingerprint density at radius 2 is 1.93 bits per heavy atom. The van der Waals surface area contributed by atoms with Gasteiger partial charge in [-0.05, 0) is 36.5 Å². The highest BCUT2D eigenvalue weighted by Gasteiger charge is 2.20. The molecule has 5 nitrogen and oxygen atoms in total. The number of fused-ring (bicyclic) bond motifs is 1. The number of nitrogens with one attached hydrogen (secondary N) is 2. The van der Waals surface area contributed by atoms with E-state index in [0.717, 1.165) is 35.4 Å². The number of nitrogens with zero attached hydrogens (tertiary/aromatic N) is 1. The lowest BCUT2D eigenvalue weighted by Crippen LogP contribution is -2.39. The first-order valence-corrected chi connectivity index (χ1v) is 10.00. The number of rotatable bonds is 5. The van der Waals surface area contributed by atoms with Gasteiger partial charge in [0.1, 0.15) is 6.61 Å². The fourth-order valence-corrected chi connectivity index (χ4v) is 3.55. The molecule has 1 amide bonds. The van der Waals surface area contributed by atoms with Crippen LogP contribution in [0.3, 0.4) is 0 Å². The second kappa shape index (κ2) is 10.6. The number of para-hydroxylation sites is 2. The van der Waals surface area contributed by atoms with Crippen molar-refractivity contribution in [2.75, 3.05) is 6.61 Å². The van der Waals surface area contributed by atoms with Crippen molar-refractivity contribution in [3.05, 3.63) is 66.5 Å². The Hall–Kier alpha value is -2.66. The van der Waals surface area contributed by atoms with Gasteiger partial charge in [0, 0.05) is 6.04 Å². The van der Waals surface area contributed by atoms with E-state index in [4.69, 9.17) is 4.74 Å². The van der Waals surface area contributed by atoms with E-state index in [1.54, 1.807) is 6.33 Å². The number of carbonyl (C=O) groups excluding carboxylic acids is 1. The number of amides is 1. The predicted octanol–water partition coefficient (Wildman–Crippen LogP) is 4.46. The molecule has 1 aliphatic carbocycles. The van der Waals surface area contributed by atoms with Gasteiger partial charge in [-0.3, -0.25) is 4.79 Å². The summed E-state index contributed by atoms with van der Waals surface area (Å²) in [5, 5.41) is 3.07. The third-order valence-corrected chi connectivity index (χ3v) is 4.97. The van der Waals surface area contributed by atoms with E-state index in [1.165, 1.54) is 12.8 Å². The third-order valence-electron chi connectivity index (χ3n) is 4.97. The third kappa shape index (κ3) is 6.50. The number of aromatic nitrogens is 2. The summed E-state index contributed by atoms with van der Waals surface area (Å²) in [4.78, 5) is 18.8. The molecule has 1 saturated carbocycles. The van der Waals surface area contributed by atoms with Crippen molar-refractivity contribution < 1.29 is 9.53 Å². The molecule has 28 heavy (non-hydrogen) atoms. The molecule has 148 valence electrons. The lowest BCUT2D eigenvalue weighted by atomic mass is 9.87. The van der Waals surface area contributed by atoms with Crippen LogP contribution >= 0.6 is 0 Å². The van der Waals surface area contributed by atoms with Crippen LogP contribution in [0.2, 0.25) is 0 Å². The second-order valence-electron chi connectivity index (χ2n) is 7.43. The van der Waals surface area contributed by atoms with Gasteiger partial charge in [-0.25, -0.2) is 4.98 Å². The molecule has 1 heterocycles. The lowest BCUT2D eigenvalue weighted by molar-refractivity contribution is -0.127. The van der Waals surface area contributed by atoms with Crippen molar-refractivity contribution in [2.45, 2.75) is 45.3 Å². The molecule has 1 aromatic heterocycles. The summed E-state index contributed by atoms with van der Waals surface area (Å²) in [5.41, 5.74) is 3.22. The molecule has 3 aromatic rings. The smallest absolute Gasteiger partial charge is 0.246 e. The van der Waals surface area contributed by atoms with Gasteiger partial charge in [-0.2, -0.15) is 0 Å². The molecule has 1 fully saturated rings. The minimum Gasteiger partial charge on any atom is -0.367 e. The van der Waals surface area contributed by atoms with Gasteiger partial charge in [0.15, 0.2) is 0 Å². The Morgan fingerprint density at radius 3 is 2.71 bits per heavy atom. The quantitative estimate of drug-likeness (QED) is 0.688. The van der Waals surface area contributed by atoms with Crippen LogP contribution in [0.25, 0.3) is 11.0 Å².